The van der Waals surface area contributed by atoms with Gasteiger partial charge in [-0.2, -0.15) is 0 Å². The van der Waals surface area contributed by atoms with Gasteiger partial charge in [0.05, 0.1) is 6.61 Å². The van der Waals surface area contributed by atoms with Crippen molar-refractivity contribution in [2.75, 3.05) is 13.7 Å². The number of rotatable bonds is 4. The summed E-state index contributed by atoms with van der Waals surface area (Å²) in [7, 11) is 1.64. The van der Waals surface area contributed by atoms with Crippen molar-refractivity contribution in [3.05, 3.63) is 30.7 Å². The summed E-state index contributed by atoms with van der Waals surface area (Å²) in [5.74, 6) is 4.36. The topological polar surface area (TPSA) is 18.5 Å². The first-order chi connectivity index (χ1) is 9.26. The van der Waals surface area contributed by atoms with Crippen LogP contribution in [0.3, 0.4) is 0 Å². The van der Waals surface area contributed by atoms with Crippen LogP contribution in [0.5, 0.6) is 0 Å². The second-order valence-electron chi connectivity index (χ2n) is 5.96. The summed E-state index contributed by atoms with van der Waals surface area (Å²) in [6, 6.07) is 0. The maximum Gasteiger partial charge on any atom is 0.125 e. The van der Waals surface area contributed by atoms with E-state index in [0.717, 1.165) is 23.7 Å². The molecule has 3 aliphatic carbocycles. The summed E-state index contributed by atoms with van der Waals surface area (Å²) in [4.78, 5) is 0. The number of ether oxygens (including phenoxy) is 2. The van der Waals surface area contributed by atoms with Crippen molar-refractivity contribution in [3.8, 4) is 0 Å². The molecule has 0 saturated heterocycles. The van der Waals surface area contributed by atoms with Crippen molar-refractivity contribution in [2.24, 2.45) is 23.7 Å². The molecule has 5 atom stereocenters. The molecule has 0 aromatic heterocycles. The molecule has 2 saturated carbocycles. The number of methoxy groups -OCH3 is 1. The number of hydrogen-bond acceptors (Lipinski definition) is 2. The molecule has 3 rings (SSSR count). The van der Waals surface area contributed by atoms with Crippen LogP contribution in [0.25, 0.3) is 0 Å². The standard InChI is InChI=1S/C10H14.C7H12O2/c1-2-9-7-4-5-8(6-7)10(9)3-1;1-4-5-9-7(2)6-8-3/h1-2,7-10H,3-6H2;5,7H,1,6H2,2-3H3. The summed E-state index contributed by atoms with van der Waals surface area (Å²) < 4.78 is 9.82. The lowest BCUT2D eigenvalue weighted by molar-refractivity contribution is 0.0636. The van der Waals surface area contributed by atoms with E-state index >= 15 is 0 Å². The van der Waals surface area contributed by atoms with Crippen LogP contribution < -0.4 is 0 Å². The predicted octanol–water partition coefficient (Wildman–Crippen LogP) is 3.95. The summed E-state index contributed by atoms with van der Waals surface area (Å²) in [6.07, 6.45) is 12.5. The monoisotopic (exact) mass is 262 g/mol. The van der Waals surface area contributed by atoms with Gasteiger partial charge in [0, 0.05) is 7.11 Å². The van der Waals surface area contributed by atoms with Gasteiger partial charge in [-0.1, -0.05) is 24.5 Å². The van der Waals surface area contributed by atoms with Crippen LogP contribution in [-0.4, -0.2) is 19.8 Å². The third-order valence-electron chi connectivity index (χ3n) is 4.71. The largest absolute Gasteiger partial charge is 0.488 e. The second-order valence-corrected chi connectivity index (χ2v) is 5.96. The molecule has 5 unspecified atom stereocenters. The fourth-order valence-corrected chi connectivity index (χ4v) is 3.94. The van der Waals surface area contributed by atoms with E-state index in [9.17, 15) is 0 Å². The predicted molar refractivity (Wildman–Crippen MR) is 77.7 cm³/mol. The van der Waals surface area contributed by atoms with E-state index in [-0.39, 0.29) is 6.10 Å². The van der Waals surface area contributed by atoms with Gasteiger partial charge in [0.25, 0.3) is 0 Å². The average Bonchev–Trinajstić information content (AvgIpc) is 3.09. The van der Waals surface area contributed by atoms with Gasteiger partial charge in [0.1, 0.15) is 12.4 Å². The van der Waals surface area contributed by atoms with Crippen molar-refractivity contribution in [1.29, 1.82) is 0 Å². The lowest BCUT2D eigenvalue weighted by Gasteiger charge is -2.23. The molecule has 19 heavy (non-hydrogen) atoms. The molecule has 0 radical (unpaired) electrons. The Labute approximate surface area is 117 Å². The molecular weight excluding hydrogens is 236 g/mol. The Hall–Kier alpha value is -0.980. The van der Waals surface area contributed by atoms with E-state index in [2.05, 4.69) is 24.5 Å². The highest BCUT2D eigenvalue weighted by atomic mass is 16.5. The van der Waals surface area contributed by atoms with Gasteiger partial charge < -0.3 is 9.47 Å². The van der Waals surface area contributed by atoms with Crippen LogP contribution in [0.15, 0.2) is 30.7 Å². The Morgan fingerprint density at radius 2 is 2.21 bits per heavy atom. The first-order valence-electron chi connectivity index (χ1n) is 7.41. The summed E-state index contributed by atoms with van der Waals surface area (Å²) >= 11 is 0. The third kappa shape index (κ3) is 3.52. The SMILES string of the molecule is C1=CC2C3CCC(C3)C2C1.C=C=COC(C)COC. The lowest BCUT2D eigenvalue weighted by atomic mass is 9.82. The van der Waals surface area contributed by atoms with E-state index in [0.29, 0.717) is 6.61 Å². The smallest absolute Gasteiger partial charge is 0.125 e. The zero-order valence-electron chi connectivity index (χ0n) is 12.2. The molecule has 2 bridgehead atoms. The number of fused-ring (bicyclic) bond motifs is 5. The molecule has 2 heteroatoms. The highest BCUT2D eigenvalue weighted by molar-refractivity contribution is 5.11. The minimum absolute atomic E-state index is 0.0873. The van der Waals surface area contributed by atoms with Gasteiger partial charge in [-0.05, 0) is 56.3 Å². The molecule has 2 nitrogen and oxygen atoms in total. The van der Waals surface area contributed by atoms with Crippen LogP contribution in [-0.2, 0) is 9.47 Å². The quantitative estimate of drug-likeness (QED) is 0.434. The Bertz CT molecular complexity index is 354. The van der Waals surface area contributed by atoms with Gasteiger partial charge in [0.2, 0.25) is 0 Å². The van der Waals surface area contributed by atoms with Crippen LogP contribution >= 0.6 is 0 Å². The van der Waals surface area contributed by atoms with E-state index in [1.54, 1.807) is 20.0 Å². The maximum atomic E-state index is 5.01. The van der Waals surface area contributed by atoms with Gasteiger partial charge in [-0.15, -0.1) is 0 Å². The van der Waals surface area contributed by atoms with Gasteiger partial charge in [0.15, 0.2) is 0 Å². The zero-order chi connectivity index (χ0) is 13.7. The van der Waals surface area contributed by atoms with Gasteiger partial charge >= 0.3 is 0 Å². The highest BCUT2D eigenvalue weighted by Crippen LogP contribution is 2.56. The molecule has 0 aromatic rings. The lowest BCUT2D eigenvalue weighted by Crippen LogP contribution is -2.16. The molecule has 3 aliphatic rings. The molecule has 0 spiro atoms. The Morgan fingerprint density at radius 3 is 2.89 bits per heavy atom. The first kappa shape index (κ1) is 14.4. The Morgan fingerprint density at radius 1 is 1.42 bits per heavy atom. The fourth-order valence-electron chi connectivity index (χ4n) is 3.94. The van der Waals surface area contributed by atoms with E-state index in [1.165, 1.54) is 19.1 Å². The summed E-state index contributed by atoms with van der Waals surface area (Å²) in [5.41, 5.74) is 2.50. The summed E-state index contributed by atoms with van der Waals surface area (Å²) in [5, 5.41) is 0. The van der Waals surface area contributed by atoms with Crippen LogP contribution in [0, 0.1) is 23.7 Å². The van der Waals surface area contributed by atoms with E-state index in [1.807, 2.05) is 6.92 Å². The molecule has 0 aliphatic heterocycles. The fraction of sp³-hybridized carbons (Fsp3) is 0.706. The molecule has 106 valence electrons. The molecular formula is C17H26O2. The normalized spacial score (nSPS) is 35.1. The maximum absolute atomic E-state index is 5.01. The van der Waals surface area contributed by atoms with Crippen molar-refractivity contribution < 1.29 is 9.47 Å². The molecule has 0 aromatic carbocycles. The minimum Gasteiger partial charge on any atom is -0.488 e. The van der Waals surface area contributed by atoms with Gasteiger partial charge in [-0.3, -0.25) is 0 Å². The Kier molecular flexibility index (Phi) is 5.30. The molecule has 2 fully saturated rings. The zero-order valence-corrected chi connectivity index (χ0v) is 12.2. The van der Waals surface area contributed by atoms with Crippen LogP contribution in [0.2, 0.25) is 0 Å². The van der Waals surface area contributed by atoms with Gasteiger partial charge in [-0.25, -0.2) is 0 Å². The number of hydrogen-bond donors (Lipinski definition) is 0. The van der Waals surface area contributed by atoms with Crippen molar-refractivity contribution in [3.63, 3.8) is 0 Å². The third-order valence-corrected chi connectivity index (χ3v) is 4.71. The minimum atomic E-state index is 0.0873. The number of allylic oxidation sites excluding steroid dienone is 2. The van der Waals surface area contributed by atoms with Crippen LogP contribution in [0.4, 0.5) is 0 Å². The molecule has 0 N–H and O–H groups in total. The first-order valence-corrected chi connectivity index (χ1v) is 7.41. The van der Waals surface area contributed by atoms with Crippen molar-refractivity contribution in [2.45, 2.75) is 38.7 Å². The highest BCUT2D eigenvalue weighted by Gasteiger charge is 2.47. The van der Waals surface area contributed by atoms with E-state index < -0.39 is 0 Å². The van der Waals surface area contributed by atoms with Crippen LogP contribution in [0.1, 0.15) is 32.6 Å². The average molecular weight is 262 g/mol. The van der Waals surface area contributed by atoms with Crippen molar-refractivity contribution >= 4 is 0 Å². The second kappa shape index (κ2) is 6.98. The molecule has 0 heterocycles. The Balaban J connectivity index is 0.000000142. The van der Waals surface area contributed by atoms with Crippen molar-refractivity contribution in [1.82, 2.24) is 0 Å². The summed E-state index contributed by atoms with van der Waals surface area (Å²) in [6.45, 7) is 5.86. The molecule has 0 amide bonds. The van der Waals surface area contributed by atoms with E-state index in [4.69, 9.17) is 9.47 Å².